The number of likely N-dealkylation sites (tertiary alicyclic amines) is 1. The minimum absolute atomic E-state index is 0.0106. The molecule has 2 fully saturated rings. The standard InChI is InChI=1S/C19H27NO4/c1-3-23-16-7-5-4-6-15(16)17(21)20-11-8-19(9-12-20)14-18(2,22)10-13-24-19/h4-7,22H,3,8-14H2,1-2H3. The van der Waals surface area contributed by atoms with E-state index in [4.69, 9.17) is 9.47 Å². The van der Waals surface area contributed by atoms with Gasteiger partial charge >= 0.3 is 0 Å². The molecular formula is C19H27NO4. The van der Waals surface area contributed by atoms with E-state index in [0.717, 1.165) is 12.8 Å². The number of aliphatic hydroxyl groups is 1. The molecule has 2 heterocycles. The topological polar surface area (TPSA) is 59.0 Å². The monoisotopic (exact) mass is 333 g/mol. The summed E-state index contributed by atoms with van der Waals surface area (Å²) in [5.74, 6) is 0.651. The summed E-state index contributed by atoms with van der Waals surface area (Å²) in [5.41, 5.74) is -0.323. The van der Waals surface area contributed by atoms with Crippen molar-refractivity contribution in [1.29, 1.82) is 0 Å². The van der Waals surface area contributed by atoms with Gasteiger partial charge in [-0.3, -0.25) is 4.79 Å². The summed E-state index contributed by atoms with van der Waals surface area (Å²) >= 11 is 0. The zero-order valence-electron chi connectivity index (χ0n) is 14.6. The van der Waals surface area contributed by atoms with Gasteiger partial charge in [-0.05, 0) is 45.2 Å². The van der Waals surface area contributed by atoms with E-state index in [2.05, 4.69) is 0 Å². The molecule has 0 aromatic heterocycles. The largest absolute Gasteiger partial charge is 0.493 e. The Morgan fingerprint density at radius 3 is 2.67 bits per heavy atom. The summed E-state index contributed by atoms with van der Waals surface area (Å²) < 4.78 is 11.6. The highest BCUT2D eigenvalue weighted by molar-refractivity contribution is 5.97. The lowest BCUT2D eigenvalue weighted by Gasteiger charge is -2.48. The van der Waals surface area contributed by atoms with Crippen LogP contribution in [0.5, 0.6) is 5.75 Å². The van der Waals surface area contributed by atoms with Crippen molar-refractivity contribution in [3.63, 3.8) is 0 Å². The molecule has 2 aliphatic heterocycles. The van der Waals surface area contributed by atoms with Crippen LogP contribution in [0.25, 0.3) is 0 Å². The predicted octanol–water partition coefficient (Wildman–Crippen LogP) is 2.62. The summed E-state index contributed by atoms with van der Waals surface area (Å²) in [5, 5.41) is 10.4. The SMILES string of the molecule is CCOc1ccccc1C(=O)N1CCC2(CC1)CC(C)(O)CCO2. The third-order valence-corrected chi connectivity index (χ3v) is 5.13. The summed E-state index contributed by atoms with van der Waals surface area (Å²) in [4.78, 5) is 14.7. The second-order valence-electron chi connectivity index (χ2n) is 7.18. The Balaban J connectivity index is 1.68. The van der Waals surface area contributed by atoms with Crippen LogP contribution in [0.1, 0.15) is 49.9 Å². The van der Waals surface area contributed by atoms with Crippen molar-refractivity contribution in [3.05, 3.63) is 29.8 Å². The Kier molecular flexibility index (Phi) is 4.83. The highest BCUT2D eigenvalue weighted by Gasteiger charge is 2.45. The molecule has 1 aromatic carbocycles. The molecule has 5 heteroatoms. The molecule has 1 N–H and O–H groups in total. The maximum atomic E-state index is 12.8. The second kappa shape index (κ2) is 6.73. The fourth-order valence-electron chi connectivity index (χ4n) is 3.85. The zero-order valence-corrected chi connectivity index (χ0v) is 14.6. The third kappa shape index (κ3) is 3.57. The molecule has 132 valence electrons. The van der Waals surface area contributed by atoms with Crippen LogP contribution in [0.3, 0.4) is 0 Å². The van der Waals surface area contributed by atoms with Gasteiger partial charge in [-0.15, -0.1) is 0 Å². The van der Waals surface area contributed by atoms with Gasteiger partial charge in [-0.25, -0.2) is 0 Å². The van der Waals surface area contributed by atoms with E-state index in [1.165, 1.54) is 0 Å². The molecule has 5 nitrogen and oxygen atoms in total. The van der Waals surface area contributed by atoms with Crippen molar-refractivity contribution in [2.24, 2.45) is 0 Å². The molecule has 0 bridgehead atoms. The van der Waals surface area contributed by atoms with Gasteiger partial charge in [0, 0.05) is 19.5 Å². The van der Waals surface area contributed by atoms with Crippen molar-refractivity contribution in [1.82, 2.24) is 4.90 Å². The van der Waals surface area contributed by atoms with E-state index < -0.39 is 5.60 Å². The third-order valence-electron chi connectivity index (χ3n) is 5.13. The minimum Gasteiger partial charge on any atom is -0.493 e. The number of hydrogen-bond donors (Lipinski definition) is 1. The molecular weight excluding hydrogens is 306 g/mol. The normalized spacial score (nSPS) is 26.4. The summed E-state index contributed by atoms with van der Waals surface area (Å²) in [6.45, 7) is 6.22. The lowest BCUT2D eigenvalue weighted by atomic mass is 9.78. The van der Waals surface area contributed by atoms with Crippen LogP contribution in [0.15, 0.2) is 24.3 Å². The molecule has 1 aromatic rings. The van der Waals surface area contributed by atoms with Crippen LogP contribution in [0, 0.1) is 0 Å². The van der Waals surface area contributed by atoms with Crippen LogP contribution in [-0.2, 0) is 4.74 Å². The number of amides is 1. The van der Waals surface area contributed by atoms with Crippen molar-refractivity contribution in [3.8, 4) is 5.75 Å². The fourth-order valence-corrected chi connectivity index (χ4v) is 3.85. The molecule has 24 heavy (non-hydrogen) atoms. The smallest absolute Gasteiger partial charge is 0.257 e. The Bertz CT molecular complexity index is 591. The van der Waals surface area contributed by atoms with E-state index in [9.17, 15) is 9.90 Å². The average molecular weight is 333 g/mol. The van der Waals surface area contributed by atoms with Crippen LogP contribution in [-0.4, -0.2) is 53.4 Å². The minimum atomic E-state index is -0.661. The number of piperidine rings is 1. The van der Waals surface area contributed by atoms with Gasteiger partial charge in [-0.1, -0.05) is 12.1 Å². The Morgan fingerprint density at radius 1 is 1.29 bits per heavy atom. The number of carbonyl (C=O) groups is 1. The quantitative estimate of drug-likeness (QED) is 0.924. The number of rotatable bonds is 3. The van der Waals surface area contributed by atoms with Crippen molar-refractivity contribution < 1.29 is 19.4 Å². The first-order valence-electron chi connectivity index (χ1n) is 8.82. The maximum absolute atomic E-state index is 12.8. The fraction of sp³-hybridized carbons (Fsp3) is 0.632. The highest BCUT2D eigenvalue weighted by Crippen LogP contribution is 2.39. The highest BCUT2D eigenvalue weighted by atomic mass is 16.5. The van der Waals surface area contributed by atoms with Crippen molar-refractivity contribution in [2.75, 3.05) is 26.3 Å². The molecule has 0 saturated carbocycles. The van der Waals surface area contributed by atoms with Gasteiger partial charge < -0.3 is 19.5 Å². The molecule has 0 radical (unpaired) electrons. The van der Waals surface area contributed by atoms with Crippen LogP contribution < -0.4 is 4.74 Å². The van der Waals surface area contributed by atoms with Gasteiger partial charge in [-0.2, -0.15) is 0 Å². The molecule has 1 amide bonds. The molecule has 1 unspecified atom stereocenters. The van der Waals surface area contributed by atoms with Gasteiger partial charge in [0.15, 0.2) is 0 Å². The van der Waals surface area contributed by atoms with E-state index in [0.29, 0.717) is 50.5 Å². The number of carbonyl (C=O) groups excluding carboxylic acids is 1. The second-order valence-corrected chi connectivity index (χ2v) is 7.18. The van der Waals surface area contributed by atoms with E-state index >= 15 is 0 Å². The Labute approximate surface area is 143 Å². The molecule has 1 atom stereocenters. The Morgan fingerprint density at radius 2 is 2.00 bits per heavy atom. The summed E-state index contributed by atoms with van der Waals surface area (Å²) in [6, 6.07) is 7.40. The predicted molar refractivity (Wildman–Crippen MR) is 91.3 cm³/mol. The van der Waals surface area contributed by atoms with E-state index in [1.54, 1.807) is 0 Å². The lowest BCUT2D eigenvalue weighted by Crippen LogP contribution is -2.54. The summed E-state index contributed by atoms with van der Waals surface area (Å²) in [6.07, 6.45) is 2.87. The van der Waals surface area contributed by atoms with Gasteiger partial charge in [0.05, 0.1) is 30.0 Å². The zero-order chi connectivity index (χ0) is 17.2. The first kappa shape index (κ1) is 17.2. The van der Waals surface area contributed by atoms with Crippen LogP contribution >= 0.6 is 0 Å². The number of nitrogens with zero attached hydrogens (tertiary/aromatic N) is 1. The summed E-state index contributed by atoms with van der Waals surface area (Å²) in [7, 11) is 0. The first-order valence-corrected chi connectivity index (χ1v) is 8.82. The first-order chi connectivity index (χ1) is 11.4. The lowest BCUT2D eigenvalue weighted by molar-refractivity contribution is -0.170. The molecule has 2 aliphatic rings. The van der Waals surface area contributed by atoms with E-state index in [1.807, 2.05) is 43.0 Å². The number of hydrogen-bond acceptors (Lipinski definition) is 4. The van der Waals surface area contributed by atoms with Crippen LogP contribution in [0.2, 0.25) is 0 Å². The average Bonchev–Trinajstić information content (AvgIpc) is 2.55. The molecule has 1 spiro atoms. The van der Waals surface area contributed by atoms with Crippen molar-refractivity contribution >= 4 is 5.91 Å². The molecule has 2 saturated heterocycles. The van der Waals surface area contributed by atoms with Crippen LogP contribution in [0.4, 0.5) is 0 Å². The van der Waals surface area contributed by atoms with Gasteiger partial charge in [0.25, 0.3) is 5.91 Å². The number of para-hydroxylation sites is 1. The van der Waals surface area contributed by atoms with Gasteiger partial charge in [0.2, 0.25) is 0 Å². The van der Waals surface area contributed by atoms with Crippen molar-refractivity contribution in [2.45, 2.75) is 50.7 Å². The maximum Gasteiger partial charge on any atom is 0.257 e. The Hall–Kier alpha value is -1.59. The van der Waals surface area contributed by atoms with E-state index in [-0.39, 0.29) is 11.5 Å². The number of benzene rings is 1. The molecule has 0 aliphatic carbocycles. The number of ether oxygens (including phenoxy) is 2. The van der Waals surface area contributed by atoms with Gasteiger partial charge in [0.1, 0.15) is 5.75 Å². The molecule has 3 rings (SSSR count).